The number of hydrogen-bond acceptors (Lipinski definition) is 2. The van der Waals surface area contributed by atoms with Gasteiger partial charge < -0.3 is 14.9 Å². The molecule has 0 aromatic rings. The summed E-state index contributed by atoms with van der Waals surface area (Å²) >= 11 is 0. The summed E-state index contributed by atoms with van der Waals surface area (Å²) in [5.74, 6) is -0.798. The lowest BCUT2D eigenvalue weighted by atomic mass is 9.90. The van der Waals surface area contributed by atoms with Crippen molar-refractivity contribution in [3.63, 3.8) is 0 Å². The Labute approximate surface area is 114 Å². The summed E-state index contributed by atoms with van der Waals surface area (Å²) in [4.78, 5) is 27.5. The highest BCUT2D eigenvalue weighted by Gasteiger charge is 2.43. The number of rotatable bonds is 2. The molecule has 2 heterocycles. The van der Waals surface area contributed by atoms with E-state index in [0.717, 1.165) is 25.8 Å². The van der Waals surface area contributed by atoms with E-state index in [9.17, 15) is 14.7 Å². The lowest BCUT2D eigenvalue weighted by Gasteiger charge is -2.38. The van der Waals surface area contributed by atoms with Gasteiger partial charge in [0.2, 0.25) is 0 Å². The molecular weight excluding hydrogens is 244 g/mol. The SMILES string of the molecule is CCC1CCCCN1C(=O)N1CCC(C)(C(=O)O)C1. The molecule has 5 heteroatoms. The predicted molar refractivity (Wildman–Crippen MR) is 72.0 cm³/mol. The Balaban J connectivity index is 2.02. The van der Waals surface area contributed by atoms with Gasteiger partial charge in [0, 0.05) is 25.7 Å². The van der Waals surface area contributed by atoms with Gasteiger partial charge in [0.05, 0.1) is 5.41 Å². The highest BCUT2D eigenvalue weighted by Crippen LogP contribution is 2.32. The number of carboxylic acids is 1. The fourth-order valence-corrected chi connectivity index (χ4v) is 3.16. The zero-order valence-corrected chi connectivity index (χ0v) is 11.9. The van der Waals surface area contributed by atoms with Crippen LogP contribution in [0.5, 0.6) is 0 Å². The number of piperidine rings is 1. The molecule has 2 fully saturated rings. The average molecular weight is 268 g/mol. The molecule has 108 valence electrons. The van der Waals surface area contributed by atoms with Crippen molar-refractivity contribution in [2.24, 2.45) is 5.41 Å². The van der Waals surface area contributed by atoms with Crippen LogP contribution in [-0.4, -0.2) is 52.6 Å². The number of carbonyl (C=O) groups is 2. The molecular formula is C14H24N2O3. The summed E-state index contributed by atoms with van der Waals surface area (Å²) < 4.78 is 0. The standard InChI is InChI=1S/C14H24N2O3/c1-3-11-6-4-5-8-16(11)13(19)15-9-7-14(2,10-15)12(17)18/h11H,3-10H2,1-2H3,(H,17,18). The molecule has 0 bridgehead atoms. The van der Waals surface area contributed by atoms with Crippen LogP contribution in [0.3, 0.4) is 0 Å². The maximum Gasteiger partial charge on any atom is 0.320 e. The maximum atomic E-state index is 12.5. The van der Waals surface area contributed by atoms with Crippen molar-refractivity contribution in [2.75, 3.05) is 19.6 Å². The smallest absolute Gasteiger partial charge is 0.320 e. The first-order chi connectivity index (χ1) is 8.98. The minimum atomic E-state index is -0.798. The van der Waals surface area contributed by atoms with E-state index in [-0.39, 0.29) is 6.03 Å². The summed E-state index contributed by atoms with van der Waals surface area (Å²) in [5, 5.41) is 9.23. The first-order valence-corrected chi connectivity index (χ1v) is 7.27. The highest BCUT2D eigenvalue weighted by atomic mass is 16.4. The summed E-state index contributed by atoms with van der Waals surface area (Å²) in [5.41, 5.74) is -0.771. The van der Waals surface area contributed by atoms with Crippen molar-refractivity contribution in [3.8, 4) is 0 Å². The third-order valence-corrected chi connectivity index (χ3v) is 4.60. The monoisotopic (exact) mass is 268 g/mol. The average Bonchev–Trinajstić information content (AvgIpc) is 2.82. The molecule has 0 saturated carbocycles. The molecule has 2 aliphatic rings. The molecule has 5 nitrogen and oxygen atoms in total. The third kappa shape index (κ3) is 2.69. The molecule has 19 heavy (non-hydrogen) atoms. The number of amides is 2. The Bertz CT molecular complexity index is 372. The lowest BCUT2D eigenvalue weighted by molar-refractivity contribution is -0.147. The van der Waals surface area contributed by atoms with E-state index in [1.54, 1.807) is 11.8 Å². The fraction of sp³-hybridized carbons (Fsp3) is 0.857. The van der Waals surface area contributed by atoms with E-state index in [2.05, 4.69) is 6.92 Å². The van der Waals surface area contributed by atoms with Gasteiger partial charge in [-0.05, 0) is 39.0 Å². The Morgan fingerprint density at radius 2 is 2.05 bits per heavy atom. The zero-order chi connectivity index (χ0) is 14.0. The van der Waals surface area contributed by atoms with Crippen LogP contribution in [0, 0.1) is 5.41 Å². The molecule has 2 atom stereocenters. The van der Waals surface area contributed by atoms with Crippen molar-refractivity contribution in [3.05, 3.63) is 0 Å². The van der Waals surface area contributed by atoms with Crippen molar-refractivity contribution in [1.82, 2.24) is 9.80 Å². The van der Waals surface area contributed by atoms with Crippen molar-refractivity contribution >= 4 is 12.0 Å². The molecule has 2 aliphatic heterocycles. The van der Waals surface area contributed by atoms with Crippen LogP contribution in [0.15, 0.2) is 0 Å². The van der Waals surface area contributed by atoms with Gasteiger partial charge in [-0.2, -0.15) is 0 Å². The summed E-state index contributed by atoms with van der Waals surface area (Å²) in [6, 6.07) is 0.370. The van der Waals surface area contributed by atoms with Crippen LogP contribution in [-0.2, 0) is 4.79 Å². The van der Waals surface area contributed by atoms with Crippen LogP contribution >= 0.6 is 0 Å². The molecule has 0 aromatic carbocycles. The van der Waals surface area contributed by atoms with Crippen LogP contribution in [0.4, 0.5) is 4.79 Å². The highest BCUT2D eigenvalue weighted by molar-refractivity contribution is 5.79. The second-order valence-electron chi connectivity index (χ2n) is 6.07. The van der Waals surface area contributed by atoms with Crippen LogP contribution < -0.4 is 0 Å². The van der Waals surface area contributed by atoms with Crippen molar-refractivity contribution in [1.29, 1.82) is 0 Å². The second-order valence-corrected chi connectivity index (χ2v) is 6.07. The van der Waals surface area contributed by atoms with Gasteiger partial charge in [-0.1, -0.05) is 6.92 Å². The summed E-state index contributed by atoms with van der Waals surface area (Å²) in [6.07, 6.45) is 4.86. The number of carboxylic acid groups (broad SMARTS) is 1. The molecule has 0 radical (unpaired) electrons. The van der Waals surface area contributed by atoms with Gasteiger partial charge in [0.1, 0.15) is 0 Å². The fourth-order valence-electron chi connectivity index (χ4n) is 3.16. The van der Waals surface area contributed by atoms with Gasteiger partial charge >= 0.3 is 12.0 Å². The van der Waals surface area contributed by atoms with Crippen molar-refractivity contribution < 1.29 is 14.7 Å². The van der Waals surface area contributed by atoms with Crippen molar-refractivity contribution in [2.45, 2.75) is 52.0 Å². The van der Waals surface area contributed by atoms with E-state index >= 15 is 0 Å². The molecule has 0 aliphatic carbocycles. The van der Waals surface area contributed by atoms with Crippen LogP contribution in [0.2, 0.25) is 0 Å². The van der Waals surface area contributed by atoms with E-state index in [1.165, 1.54) is 6.42 Å². The number of carbonyl (C=O) groups excluding carboxylic acids is 1. The minimum Gasteiger partial charge on any atom is -0.481 e. The third-order valence-electron chi connectivity index (χ3n) is 4.60. The molecule has 0 spiro atoms. The summed E-state index contributed by atoms with van der Waals surface area (Å²) in [7, 11) is 0. The van der Waals surface area contributed by atoms with Crippen LogP contribution in [0.25, 0.3) is 0 Å². The Hall–Kier alpha value is -1.26. The maximum absolute atomic E-state index is 12.5. The second kappa shape index (κ2) is 5.39. The van der Waals surface area contributed by atoms with Gasteiger partial charge in [0.15, 0.2) is 0 Å². The van der Waals surface area contributed by atoms with E-state index in [0.29, 0.717) is 25.6 Å². The first-order valence-electron chi connectivity index (χ1n) is 7.27. The number of aliphatic carboxylic acids is 1. The minimum absolute atomic E-state index is 0.0384. The Morgan fingerprint density at radius 3 is 2.63 bits per heavy atom. The number of likely N-dealkylation sites (tertiary alicyclic amines) is 2. The number of hydrogen-bond donors (Lipinski definition) is 1. The first kappa shape index (κ1) is 14.2. The molecule has 2 saturated heterocycles. The van der Waals surface area contributed by atoms with E-state index < -0.39 is 11.4 Å². The molecule has 2 amide bonds. The predicted octanol–water partition coefficient (Wildman–Crippen LogP) is 2.17. The zero-order valence-electron chi connectivity index (χ0n) is 11.9. The number of urea groups is 1. The normalized spacial score (nSPS) is 31.6. The topological polar surface area (TPSA) is 60.9 Å². The lowest BCUT2D eigenvalue weighted by Crippen LogP contribution is -2.50. The summed E-state index contributed by atoms with van der Waals surface area (Å²) in [6.45, 7) is 5.57. The van der Waals surface area contributed by atoms with E-state index in [1.807, 2.05) is 4.90 Å². The Morgan fingerprint density at radius 1 is 1.32 bits per heavy atom. The van der Waals surface area contributed by atoms with Gasteiger partial charge in [-0.25, -0.2) is 4.79 Å². The number of nitrogens with zero attached hydrogens (tertiary/aromatic N) is 2. The quantitative estimate of drug-likeness (QED) is 0.835. The molecule has 2 unspecified atom stereocenters. The van der Waals surface area contributed by atoms with Gasteiger partial charge in [-0.3, -0.25) is 4.79 Å². The molecule has 1 N–H and O–H groups in total. The Kier molecular flexibility index (Phi) is 4.02. The molecule has 2 rings (SSSR count). The largest absolute Gasteiger partial charge is 0.481 e. The van der Waals surface area contributed by atoms with E-state index in [4.69, 9.17) is 0 Å². The van der Waals surface area contributed by atoms with Crippen LogP contribution in [0.1, 0.15) is 46.0 Å². The van der Waals surface area contributed by atoms with Gasteiger partial charge in [-0.15, -0.1) is 0 Å². The van der Waals surface area contributed by atoms with Gasteiger partial charge in [0.25, 0.3) is 0 Å². The molecule has 0 aromatic heterocycles.